The second-order valence-corrected chi connectivity index (χ2v) is 5.82. The van der Waals surface area contributed by atoms with E-state index in [1.54, 1.807) is 36.0 Å². The van der Waals surface area contributed by atoms with Crippen molar-refractivity contribution in [3.05, 3.63) is 36.5 Å². The summed E-state index contributed by atoms with van der Waals surface area (Å²) in [6.45, 7) is 3.04. The number of nitrogens with one attached hydrogen (secondary N) is 2. The number of imidazole rings is 1. The molecule has 2 amide bonds. The van der Waals surface area contributed by atoms with Gasteiger partial charge in [0.1, 0.15) is 17.8 Å². The number of pyridine rings is 1. The predicted molar refractivity (Wildman–Crippen MR) is 91.6 cm³/mol. The van der Waals surface area contributed by atoms with Crippen LogP contribution >= 0.6 is 0 Å². The molecule has 2 aromatic heterocycles. The highest BCUT2D eigenvalue weighted by Crippen LogP contribution is 2.12. The van der Waals surface area contributed by atoms with E-state index < -0.39 is 0 Å². The van der Waals surface area contributed by atoms with Crippen LogP contribution in [0.25, 0.3) is 5.82 Å². The molecule has 0 aliphatic carbocycles. The Labute approximate surface area is 145 Å². The third-order valence-corrected chi connectivity index (χ3v) is 3.95. The van der Waals surface area contributed by atoms with Gasteiger partial charge in [0, 0.05) is 25.8 Å². The largest absolute Gasteiger partial charge is 0.376 e. The number of anilines is 1. The molecule has 25 heavy (non-hydrogen) atoms. The third-order valence-electron chi connectivity index (χ3n) is 3.95. The number of nitrogens with zero attached hydrogens (tertiary/aromatic N) is 3. The molecule has 1 fully saturated rings. The van der Waals surface area contributed by atoms with Gasteiger partial charge >= 0.3 is 0 Å². The molecule has 0 saturated carbocycles. The van der Waals surface area contributed by atoms with Gasteiger partial charge in [0.25, 0.3) is 5.91 Å². The fourth-order valence-electron chi connectivity index (χ4n) is 2.53. The van der Waals surface area contributed by atoms with Crippen molar-refractivity contribution in [2.24, 2.45) is 0 Å². The van der Waals surface area contributed by atoms with Gasteiger partial charge in [-0.1, -0.05) is 6.92 Å². The Morgan fingerprint density at radius 3 is 2.92 bits per heavy atom. The summed E-state index contributed by atoms with van der Waals surface area (Å²) in [5.74, 6) is 0.309. The number of ether oxygens (including phenoxy) is 1. The number of rotatable bonds is 6. The molecule has 8 nitrogen and oxygen atoms in total. The highest BCUT2D eigenvalue weighted by Gasteiger charge is 2.17. The molecular weight excluding hydrogens is 322 g/mol. The van der Waals surface area contributed by atoms with Gasteiger partial charge in [0.2, 0.25) is 5.91 Å². The summed E-state index contributed by atoms with van der Waals surface area (Å²) >= 11 is 0. The first-order chi connectivity index (χ1) is 12.2. The monoisotopic (exact) mass is 343 g/mol. The topological polar surface area (TPSA) is 98.1 Å². The van der Waals surface area contributed by atoms with Crippen molar-refractivity contribution in [1.82, 2.24) is 19.9 Å². The first-order valence-corrected chi connectivity index (χ1v) is 8.35. The van der Waals surface area contributed by atoms with Crippen LogP contribution in [0.3, 0.4) is 0 Å². The molecule has 0 spiro atoms. The predicted octanol–water partition coefficient (Wildman–Crippen LogP) is 1.52. The molecule has 132 valence electrons. The van der Waals surface area contributed by atoms with Crippen LogP contribution in [0.1, 0.15) is 36.7 Å². The molecule has 1 aliphatic heterocycles. The molecule has 8 heteroatoms. The van der Waals surface area contributed by atoms with Crippen molar-refractivity contribution < 1.29 is 14.3 Å². The van der Waals surface area contributed by atoms with Crippen molar-refractivity contribution in [1.29, 1.82) is 0 Å². The Balaban J connectivity index is 1.60. The fourth-order valence-corrected chi connectivity index (χ4v) is 2.53. The quantitative estimate of drug-likeness (QED) is 0.829. The van der Waals surface area contributed by atoms with Crippen molar-refractivity contribution in [3.63, 3.8) is 0 Å². The summed E-state index contributed by atoms with van der Waals surface area (Å²) in [7, 11) is 0. The second kappa shape index (κ2) is 7.89. The standard InChI is InChI=1S/C17H21N5O3/c1-2-16(23)21-12-5-6-15(18-8-12)22-10-14(20-11-22)17(24)19-9-13-4-3-7-25-13/h5-6,8,10-11,13H,2-4,7,9H2,1H3,(H,19,24)(H,21,23)/t13-/m1/s1. The van der Waals surface area contributed by atoms with Crippen LogP contribution in [0.15, 0.2) is 30.9 Å². The van der Waals surface area contributed by atoms with Gasteiger partial charge in [-0.2, -0.15) is 0 Å². The lowest BCUT2D eigenvalue weighted by Gasteiger charge is -2.09. The number of amides is 2. The smallest absolute Gasteiger partial charge is 0.271 e. The highest BCUT2D eigenvalue weighted by atomic mass is 16.5. The minimum absolute atomic E-state index is 0.0672. The van der Waals surface area contributed by atoms with E-state index in [2.05, 4.69) is 20.6 Å². The van der Waals surface area contributed by atoms with E-state index in [0.717, 1.165) is 19.4 Å². The van der Waals surface area contributed by atoms with Crippen LogP contribution in [0.5, 0.6) is 0 Å². The van der Waals surface area contributed by atoms with E-state index in [9.17, 15) is 9.59 Å². The van der Waals surface area contributed by atoms with Crippen LogP contribution < -0.4 is 10.6 Å². The summed E-state index contributed by atoms with van der Waals surface area (Å²) < 4.78 is 7.14. The summed E-state index contributed by atoms with van der Waals surface area (Å²) in [6, 6.07) is 3.51. The minimum atomic E-state index is -0.235. The van der Waals surface area contributed by atoms with E-state index in [0.29, 0.717) is 30.2 Å². The van der Waals surface area contributed by atoms with Gasteiger partial charge in [0.15, 0.2) is 0 Å². The Kier molecular flexibility index (Phi) is 5.39. The number of hydrogen-bond donors (Lipinski definition) is 2. The molecule has 3 heterocycles. The molecule has 3 rings (SSSR count). The Hall–Kier alpha value is -2.74. The molecule has 1 saturated heterocycles. The molecule has 2 aromatic rings. The summed E-state index contributed by atoms with van der Waals surface area (Å²) in [5.41, 5.74) is 0.952. The maximum atomic E-state index is 12.1. The number of aromatic nitrogens is 3. The fraction of sp³-hybridized carbons (Fsp3) is 0.412. The average Bonchev–Trinajstić information content (AvgIpc) is 3.32. The van der Waals surface area contributed by atoms with Crippen molar-refractivity contribution in [3.8, 4) is 5.82 Å². The maximum Gasteiger partial charge on any atom is 0.271 e. The van der Waals surface area contributed by atoms with Gasteiger partial charge in [0.05, 0.1) is 18.0 Å². The second-order valence-electron chi connectivity index (χ2n) is 5.82. The van der Waals surface area contributed by atoms with Crippen molar-refractivity contribution in [2.75, 3.05) is 18.5 Å². The molecule has 0 bridgehead atoms. The molecule has 0 unspecified atom stereocenters. The van der Waals surface area contributed by atoms with E-state index in [1.165, 1.54) is 6.33 Å². The van der Waals surface area contributed by atoms with Gasteiger partial charge in [-0.3, -0.25) is 14.2 Å². The number of hydrogen-bond acceptors (Lipinski definition) is 5. The highest BCUT2D eigenvalue weighted by molar-refractivity contribution is 5.92. The molecule has 0 radical (unpaired) electrons. The van der Waals surface area contributed by atoms with E-state index in [-0.39, 0.29) is 17.9 Å². The summed E-state index contributed by atoms with van der Waals surface area (Å²) in [5, 5.41) is 5.57. The Bertz CT molecular complexity index is 735. The summed E-state index contributed by atoms with van der Waals surface area (Å²) in [6.07, 6.45) is 7.24. The minimum Gasteiger partial charge on any atom is -0.376 e. The molecule has 0 aromatic carbocycles. The average molecular weight is 343 g/mol. The number of carbonyl (C=O) groups excluding carboxylic acids is 2. The van der Waals surface area contributed by atoms with Crippen LogP contribution in [-0.4, -0.2) is 45.6 Å². The van der Waals surface area contributed by atoms with Gasteiger partial charge in [-0.25, -0.2) is 9.97 Å². The zero-order valence-corrected chi connectivity index (χ0v) is 14.1. The molecule has 1 aliphatic rings. The first-order valence-electron chi connectivity index (χ1n) is 8.35. The van der Waals surface area contributed by atoms with Gasteiger partial charge in [-0.05, 0) is 25.0 Å². The zero-order valence-electron chi connectivity index (χ0n) is 14.1. The SMILES string of the molecule is CCC(=O)Nc1ccc(-n2cnc(C(=O)NC[C@H]3CCCO3)c2)nc1. The van der Waals surface area contributed by atoms with Crippen molar-refractivity contribution in [2.45, 2.75) is 32.3 Å². The Morgan fingerprint density at radius 2 is 2.24 bits per heavy atom. The molecule has 1 atom stereocenters. The number of carbonyl (C=O) groups is 2. The molecule has 2 N–H and O–H groups in total. The van der Waals surface area contributed by atoms with Crippen LogP contribution in [-0.2, 0) is 9.53 Å². The lowest BCUT2D eigenvalue weighted by Crippen LogP contribution is -2.31. The van der Waals surface area contributed by atoms with Gasteiger partial charge in [-0.15, -0.1) is 0 Å². The summed E-state index contributed by atoms with van der Waals surface area (Å²) in [4.78, 5) is 31.9. The Morgan fingerprint density at radius 1 is 1.36 bits per heavy atom. The first kappa shape index (κ1) is 17.1. The van der Waals surface area contributed by atoms with E-state index in [1.807, 2.05) is 0 Å². The van der Waals surface area contributed by atoms with E-state index in [4.69, 9.17) is 4.74 Å². The lowest BCUT2D eigenvalue weighted by molar-refractivity contribution is -0.115. The van der Waals surface area contributed by atoms with Crippen molar-refractivity contribution >= 4 is 17.5 Å². The van der Waals surface area contributed by atoms with Crippen LogP contribution in [0, 0.1) is 0 Å². The zero-order chi connectivity index (χ0) is 17.6. The van der Waals surface area contributed by atoms with E-state index >= 15 is 0 Å². The van der Waals surface area contributed by atoms with Crippen LogP contribution in [0.2, 0.25) is 0 Å². The lowest BCUT2D eigenvalue weighted by atomic mass is 10.2. The molecular formula is C17H21N5O3. The van der Waals surface area contributed by atoms with Gasteiger partial charge < -0.3 is 15.4 Å². The maximum absolute atomic E-state index is 12.1. The van der Waals surface area contributed by atoms with Crippen LogP contribution in [0.4, 0.5) is 5.69 Å². The third kappa shape index (κ3) is 4.42. The normalized spacial score (nSPS) is 16.6.